The Kier molecular flexibility index (Phi) is 13.1. The van der Waals surface area contributed by atoms with E-state index in [1.807, 2.05) is 0 Å². The first-order chi connectivity index (χ1) is 10.7. The molecular formula is C14H34O4PS2Si2+. The van der Waals surface area contributed by atoms with Crippen molar-refractivity contribution in [2.24, 2.45) is 5.92 Å². The molecule has 0 heterocycles. The molecule has 0 aliphatic rings. The second-order valence-electron chi connectivity index (χ2n) is 6.27. The first-order valence-electron chi connectivity index (χ1n) is 8.08. The summed E-state index contributed by atoms with van der Waals surface area (Å²) < 4.78 is 22.2. The maximum Gasteiger partial charge on any atom is 0.334 e. The zero-order valence-electron chi connectivity index (χ0n) is 15.5. The number of rotatable bonds is 14. The van der Waals surface area contributed by atoms with E-state index in [2.05, 4.69) is 25.3 Å². The van der Waals surface area contributed by atoms with Crippen molar-refractivity contribution in [2.75, 3.05) is 34.6 Å². The minimum Gasteiger partial charge on any atom is -0.398 e. The minimum absolute atomic E-state index is 0.568. The highest BCUT2D eigenvalue weighted by molar-refractivity contribution is 8.56. The lowest BCUT2D eigenvalue weighted by Gasteiger charge is -2.24. The van der Waals surface area contributed by atoms with Crippen molar-refractivity contribution < 1.29 is 17.7 Å². The molecule has 0 radical (unpaired) electrons. The summed E-state index contributed by atoms with van der Waals surface area (Å²) in [6.07, 6.45) is 5.65. The molecule has 0 spiro atoms. The van der Waals surface area contributed by atoms with E-state index in [1.54, 1.807) is 28.4 Å². The molecule has 1 unspecified atom stereocenters. The molecule has 138 valence electrons. The van der Waals surface area contributed by atoms with E-state index in [0.717, 1.165) is 31.1 Å². The Hall–Kier alpha value is 1.14. The molecule has 0 aromatic carbocycles. The van der Waals surface area contributed by atoms with Crippen molar-refractivity contribution in [1.29, 1.82) is 0 Å². The van der Waals surface area contributed by atoms with Crippen LogP contribution in [-0.4, -0.2) is 51.7 Å². The van der Waals surface area contributed by atoms with Gasteiger partial charge in [0.2, 0.25) is 5.90 Å². The highest BCUT2D eigenvalue weighted by atomic mass is 32.9. The van der Waals surface area contributed by atoms with E-state index < -0.39 is 23.0 Å². The second kappa shape index (κ2) is 12.5. The van der Waals surface area contributed by atoms with Crippen molar-refractivity contribution in [3.05, 3.63) is 0 Å². The molecule has 0 aliphatic carbocycles. The van der Waals surface area contributed by atoms with Crippen LogP contribution in [0.3, 0.4) is 0 Å². The van der Waals surface area contributed by atoms with E-state index in [9.17, 15) is 0 Å². The van der Waals surface area contributed by atoms with Gasteiger partial charge in [0.1, 0.15) is 6.16 Å². The van der Waals surface area contributed by atoms with Gasteiger partial charge in [0.15, 0.2) is 11.8 Å². The fourth-order valence-corrected chi connectivity index (χ4v) is 7.52. The smallest absolute Gasteiger partial charge is 0.334 e. The van der Waals surface area contributed by atoms with Crippen molar-refractivity contribution in [3.8, 4) is 0 Å². The van der Waals surface area contributed by atoms with Gasteiger partial charge in [-0.05, 0) is 38.0 Å². The largest absolute Gasteiger partial charge is 0.398 e. The summed E-state index contributed by atoms with van der Waals surface area (Å²) in [5, 5.41) is 0. The Morgan fingerprint density at radius 3 is 1.48 bits per heavy atom. The number of hydrogen-bond donors (Lipinski definition) is 1. The third-order valence-corrected chi connectivity index (χ3v) is 12.4. The molecule has 1 atom stereocenters. The Labute approximate surface area is 156 Å². The minimum atomic E-state index is -1.95. The highest BCUT2D eigenvalue weighted by Crippen LogP contribution is 2.34. The molecule has 0 amide bonds. The zero-order valence-corrected chi connectivity index (χ0v) is 20.1. The van der Waals surface area contributed by atoms with E-state index in [-0.39, 0.29) is 0 Å². The van der Waals surface area contributed by atoms with E-state index >= 15 is 0 Å². The van der Waals surface area contributed by atoms with Crippen LogP contribution >= 0.6 is 18.1 Å². The Morgan fingerprint density at radius 2 is 1.22 bits per heavy atom. The van der Waals surface area contributed by atoms with Crippen molar-refractivity contribution >= 4 is 47.1 Å². The molecule has 0 aliphatic heterocycles. The summed E-state index contributed by atoms with van der Waals surface area (Å²) >= 11 is 9.81. The summed E-state index contributed by atoms with van der Waals surface area (Å²) in [7, 11) is 3.12. The van der Waals surface area contributed by atoms with Crippen LogP contribution in [0.1, 0.15) is 25.7 Å². The quantitative estimate of drug-likeness (QED) is 0.252. The SMILES string of the molecule is CO[Si](C)(CCCC(CCC[Si](C)(OC)OC)C[P+](=S)S)OC. The van der Waals surface area contributed by atoms with Crippen LogP contribution < -0.4 is 0 Å². The molecule has 9 heteroatoms. The molecule has 0 rings (SSSR count). The fourth-order valence-electron chi connectivity index (χ4n) is 2.55. The van der Waals surface area contributed by atoms with Gasteiger partial charge < -0.3 is 17.7 Å². The molecule has 0 saturated heterocycles. The Morgan fingerprint density at radius 1 is 0.870 bits per heavy atom. The number of hydrogen-bond acceptors (Lipinski definition) is 5. The average Bonchev–Trinajstić information content (AvgIpc) is 2.53. The van der Waals surface area contributed by atoms with Crippen LogP contribution in [-0.2, 0) is 29.5 Å². The van der Waals surface area contributed by atoms with Crippen LogP contribution in [0.4, 0.5) is 0 Å². The van der Waals surface area contributed by atoms with Gasteiger partial charge >= 0.3 is 17.1 Å². The molecule has 0 fully saturated rings. The van der Waals surface area contributed by atoms with E-state index in [0.29, 0.717) is 5.92 Å². The number of thiol groups is 1. The highest BCUT2D eigenvalue weighted by Gasteiger charge is 2.30. The van der Waals surface area contributed by atoms with Crippen LogP contribution in [0.15, 0.2) is 0 Å². The third kappa shape index (κ3) is 10.7. The van der Waals surface area contributed by atoms with Gasteiger partial charge in [-0.3, -0.25) is 0 Å². The van der Waals surface area contributed by atoms with Crippen molar-refractivity contribution in [3.63, 3.8) is 0 Å². The lowest BCUT2D eigenvalue weighted by Crippen LogP contribution is -2.36. The Balaban J connectivity index is 4.34. The summed E-state index contributed by atoms with van der Waals surface area (Å²) in [6.45, 7) is 4.24. The maximum atomic E-state index is 5.56. The summed E-state index contributed by atoms with van der Waals surface area (Å²) in [5.41, 5.74) is 0. The first kappa shape index (κ1) is 24.1. The molecule has 0 aromatic rings. The van der Waals surface area contributed by atoms with E-state index in [4.69, 9.17) is 29.5 Å². The second-order valence-corrected chi connectivity index (χ2v) is 18.1. The summed E-state index contributed by atoms with van der Waals surface area (Å²) in [5.74, 6) is 0.0661. The standard InChI is InChI=1S/C14H33O4PS2Si2/c1-15-22(5,16-2)11-7-9-14(13-19(20)21)10-8-12-23(6,17-3)18-4/h14H,7-13H2,1-6H3/p+1. The van der Waals surface area contributed by atoms with Gasteiger partial charge in [-0.2, -0.15) is 0 Å². The third-order valence-electron chi connectivity index (χ3n) is 4.63. The molecule has 4 nitrogen and oxygen atoms in total. The average molecular weight is 418 g/mol. The van der Waals surface area contributed by atoms with Crippen LogP contribution in [0.25, 0.3) is 0 Å². The van der Waals surface area contributed by atoms with Gasteiger partial charge in [-0.1, -0.05) is 12.8 Å². The molecule has 23 heavy (non-hydrogen) atoms. The fraction of sp³-hybridized carbons (Fsp3) is 1.00. The summed E-state index contributed by atoms with van der Waals surface area (Å²) in [6, 6.07) is 2.06. The van der Waals surface area contributed by atoms with Crippen LogP contribution in [0.2, 0.25) is 25.2 Å². The molecule has 0 aromatic heterocycles. The van der Waals surface area contributed by atoms with Crippen LogP contribution in [0.5, 0.6) is 0 Å². The maximum absolute atomic E-state index is 5.56. The molecule has 0 N–H and O–H groups in total. The predicted molar refractivity (Wildman–Crippen MR) is 111 cm³/mol. The Bertz CT molecular complexity index is 319. The lowest BCUT2D eigenvalue weighted by molar-refractivity contribution is 0.245. The normalized spacial score (nSPS) is 13.7. The first-order valence-corrected chi connectivity index (χ1v) is 16.8. The summed E-state index contributed by atoms with van der Waals surface area (Å²) in [4.78, 5) is 0. The lowest BCUT2D eigenvalue weighted by atomic mass is 10.0. The van der Waals surface area contributed by atoms with Crippen molar-refractivity contribution in [2.45, 2.75) is 50.9 Å². The van der Waals surface area contributed by atoms with Crippen molar-refractivity contribution in [1.82, 2.24) is 0 Å². The molecular weight excluding hydrogens is 383 g/mol. The van der Waals surface area contributed by atoms with Gasteiger partial charge in [0.25, 0.3) is 0 Å². The zero-order chi connectivity index (χ0) is 17.9. The molecule has 0 saturated carbocycles. The van der Waals surface area contributed by atoms with Crippen LogP contribution in [0, 0.1) is 5.92 Å². The topological polar surface area (TPSA) is 36.9 Å². The van der Waals surface area contributed by atoms with E-state index in [1.165, 1.54) is 12.8 Å². The molecule has 0 bridgehead atoms. The predicted octanol–water partition coefficient (Wildman–Crippen LogP) is 4.68. The van der Waals surface area contributed by atoms with Gasteiger partial charge in [0.05, 0.1) is 12.2 Å². The van der Waals surface area contributed by atoms with Gasteiger partial charge in [-0.25, -0.2) is 0 Å². The van der Waals surface area contributed by atoms with Gasteiger partial charge in [-0.15, -0.1) is 0 Å². The van der Waals surface area contributed by atoms with Gasteiger partial charge in [0, 0.05) is 34.4 Å². The monoisotopic (exact) mass is 417 g/mol.